The maximum atomic E-state index is 11.5. The summed E-state index contributed by atoms with van der Waals surface area (Å²) < 4.78 is 38.2. The Morgan fingerprint density at radius 1 is 0.521 bits per heavy atom. The van der Waals surface area contributed by atoms with E-state index in [2.05, 4.69) is 23.0 Å². The molecule has 0 spiro atoms. The van der Waals surface area contributed by atoms with Gasteiger partial charge in [0.05, 0.1) is 37.6 Å². The molecule has 0 aliphatic rings. The number of ether oxygens (including phenoxy) is 6. The lowest BCUT2D eigenvalue weighted by Crippen LogP contribution is -2.11. The molecule has 8 nitrogen and oxygen atoms in total. The lowest BCUT2D eigenvalue weighted by Gasteiger charge is -2.20. The fourth-order valence-electron chi connectivity index (χ4n) is 5.39. The van der Waals surface area contributed by atoms with Crippen molar-refractivity contribution >= 4 is 0 Å². The molecule has 1 N–H and O–H groups in total. The van der Waals surface area contributed by atoms with Crippen molar-refractivity contribution in [1.29, 1.82) is 0 Å². The zero-order valence-electron chi connectivity index (χ0n) is 30.4. The highest BCUT2D eigenvalue weighted by molar-refractivity contribution is 5.87. The van der Waals surface area contributed by atoms with Gasteiger partial charge in [0.2, 0.25) is 0 Å². The van der Waals surface area contributed by atoms with Gasteiger partial charge in [-0.15, -0.1) is 0 Å². The van der Waals surface area contributed by atoms with E-state index in [-0.39, 0.29) is 36.3 Å². The molecule has 0 amide bonds. The largest absolute Gasteiger partial charge is 0.507 e. The van der Waals surface area contributed by atoms with Gasteiger partial charge < -0.3 is 38.1 Å². The predicted octanol–water partition coefficient (Wildman–Crippen LogP) is 9.71. The van der Waals surface area contributed by atoms with Crippen molar-refractivity contribution < 1.29 is 33.5 Å². The van der Waals surface area contributed by atoms with Gasteiger partial charge in [-0.1, -0.05) is 12.1 Å². The molecule has 1 aromatic heterocycles. The van der Waals surface area contributed by atoms with Crippen LogP contribution in [0.4, 0.5) is 0 Å². The summed E-state index contributed by atoms with van der Waals surface area (Å²) in [6, 6.07) is 15.6. The first-order chi connectivity index (χ1) is 22.7. The van der Waals surface area contributed by atoms with Crippen LogP contribution in [0.25, 0.3) is 22.3 Å². The lowest BCUT2D eigenvalue weighted by atomic mass is 9.97. The van der Waals surface area contributed by atoms with E-state index in [1.807, 2.05) is 106 Å². The molecule has 0 atom stereocenters. The minimum atomic E-state index is -0.0863. The number of hydrogen-bond acceptors (Lipinski definition) is 7. The second-order valence-electron chi connectivity index (χ2n) is 13.4. The number of rotatable bonds is 16. The Balaban J connectivity index is 1.83. The average Bonchev–Trinajstić information content (AvgIpc) is 3.41. The van der Waals surface area contributed by atoms with E-state index >= 15 is 0 Å². The Kier molecular flexibility index (Phi) is 12.2. The van der Waals surface area contributed by atoms with Crippen molar-refractivity contribution in [2.24, 2.45) is 0 Å². The zero-order valence-corrected chi connectivity index (χ0v) is 30.4. The first kappa shape index (κ1) is 36.4. The number of aromatic nitrogens is 1. The van der Waals surface area contributed by atoms with Gasteiger partial charge in [0.1, 0.15) is 5.75 Å². The van der Waals surface area contributed by atoms with Crippen LogP contribution in [0.5, 0.6) is 40.2 Å². The third-order valence-corrected chi connectivity index (χ3v) is 7.19. The number of aromatic hydroxyl groups is 1. The minimum absolute atomic E-state index is 0.00527. The molecule has 260 valence electrons. The summed E-state index contributed by atoms with van der Waals surface area (Å²) in [5, 5.41) is 11.5. The van der Waals surface area contributed by atoms with Gasteiger partial charge in [-0.25, -0.2) is 0 Å². The molecule has 0 aliphatic heterocycles. The summed E-state index contributed by atoms with van der Waals surface area (Å²) in [6.07, 6.45) is 4.75. The van der Waals surface area contributed by atoms with Crippen molar-refractivity contribution in [2.45, 2.75) is 113 Å². The highest BCUT2D eigenvalue weighted by Crippen LogP contribution is 2.45. The molecule has 3 aromatic carbocycles. The number of hydrogen-bond donors (Lipinski definition) is 1. The predicted molar refractivity (Wildman–Crippen MR) is 192 cm³/mol. The number of benzene rings is 3. The normalized spacial score (nSPS) is 11.6. The average molecular weight is 660 g/mol. The fourth-order valence-corrected chi connectivity index (χ4v) is 5.39. The molecule has 4 aromatic rings. The standard InChI is InChI=1S/C40H53NO7/c1-24(2)44-36-15-13-30(19-38(36)46-26(5)6)32-22-41(17-16-29-12-14-35(43-11)37(18-29)45-25(3)4)23-33(32)31-20-39(47-27(7)8)40(21-34(31)42)48-28(9)10/h12-15,18-28,42H,16-17H2,1-11H3. The van der Waals surface area contributed by atoms with E-state index in [4.69, 9.17) is 28.4 Å². The van der Waals surface area contributed by atoms with E-state index in [0.29, 0.717) is 40.9 Å². The van der Waals surface area contributed by atoms with E-state index < -0.39 is 0 Å². The molecule has 0 aliphatic carbocycles. The van der Waals surface area contributed by atoms with Crippen molar-refractivity contribution in [3.63, 3.8) is 0 Å². The van der Waals surface area contributed by atoms with Crippen LogP contribution < -0.4 is 28.4 Å². The Bertz CT molecular complexity index is 1650. The maximum absolute atomic E-state index is 11.5. The lowest BCUT2D eigenvalue weighted by molar-refractivity contribution is 0.198. The zero-order chi connectivity index (χ0) is 35.1. The number of nitrogens with zero attached hydrogens (tertiary/aromatic N) is 1. The van der Waals surface area contributed by atoms with Gasteiger partial charge in [-0.05, 0) is 117 Å². The molecule has 8 heteroatoms. The molecule has 0 bridgehead atoms. The number of phenolic OH excluding ortho intramolecular Hbond substituents is 1. The van der Waals surface area contributed by atoms with Gasteiger partial charge in [-0.3, -0.25) is 0 Å². The number of methoxy groups -OCH3 is 1. The fraction of sp³-hybridized carbons (Fsp3) is 0.450. The van der Waals surface area contributed by atoms with Crippen LogP contribution in [-0.2, 0) is 13.0 Å². The third kappa shape index (κ3) is 9.55. The molecular formula is C40H53NO7. The van der Waals surface area contributed by atoms with Crippen LogP contribution in [0.2, 0.25) is 0 Å². The Morgan fingerprint density at radius 2 is 1.00 bits per heavy atom. The van der Waals surface area contributed by atoms with Crippen molar-refractivity contribution in [2.75, 3.05) is 7.11 Å². The van der Waals surface area contributed by atoms with Crippen molar-refractivity contribution in [3.8, 4) is 62.5 Å². The van der Waals surface area contributed by atoms with Crippen LogP contribution >= 0.6 is 0 Å². The molecule has 0 radical (unpaired) electrons. The van der Waals surface area contributed by atoms with Crippen molar-refractivity contribution in [1.82, 2.24) is 4.57 Å². The smallest absolute Gasteiger partial charge is 0.165 e. The Labute approximate surface area is 286 Å². The van der Waals surface area contributed by atoms with E-state index in [0.717, 1.165) is 34.4 Å². The third-order valence-electron chi connectivity index (χ3n) is 7.19. The minimum Gasteiger partial charge on any atom is -0.507 e. The van der Waals surface area contributed by atoms with E-state index in [9.17, 15) is 5.11 Å². The monoisotopic (exact) mass is 659 g/mol. The molecule has 0 saturated carbocycles. The summed E-state index contributed by atoms with van der Waals surface area (Å²) >= 11 is 0. The SMILES string of the molecule is COc1ccc(CCn2cc(-c3ccc(OC(C)C)c(OC(C)C)c3)c(-c3cc(OC(C)C)c(OC(C)C)cc3O)c2)cc1OC(C)C. The van der Waals surface area contributed by atoms with E-state index in [1.54, 1.807) is 13.2 Å². The van der Waals surface area contributed by atoms with Crippen molar-refractivity contribution in [3.05, 3.63) is 66.5 Å². The molecule has 0 unspecified atom stereocenters. The van der Waals surface area contributed by atoms with Crippen LogP contribution in [0.15, 0.2) is 60.9 Å². The van der Waals surface area contributed by atoms with Crippen LogP contribution in [0.3, 0.4) is 0 Å². The second kappa shape index (κ2) is 16.1. The second-order valence-corrected chi connectivity index (χ2v) is 13.4. The molecule has 48 heavy (non-hydrogen) atoms. The van der Waals surface area contributed by atoms with Crippen LogP contribution in [0.1, 0.15) is 74.8 Å². The van der Waals surface area contributed by atoms with Crippen LogP contribution in [0, 0.1) is 0 Å². The Morgan fingerprint density at radius 3 is 1.56 bits per heavy atom. The summed E-state index contributed by atoms with van der Waals surface area (Å²) in [5.74, 6) is 3.97. The summed E-state index contributed by atoms with van der Waals surface area (Å²) in [7, 11) is 1.65. The highest BCUT2D eigenvalue weighted by atomic mass is 16.5. The molecule has 1 heterocycles. The summed E-state index contributed by atoms with van der Waals surface area (Å²) in [4.78, 5) is 0. The highest BCUT2D eigenvalue weighted by Gasteiger charge is 2.21. The van der Waals surface area contributed by atoms with E-state index in [1.165, 1.54) is 0 Å². The van der Waals surface area contributed by atoms with Gasteiger partial charge >= 0.3 is 0 Å². The van der Waals surface area contributed by atoms with Gasteiger partial charge in [0.15, 0.2) is 34.5 Å². The van der Waals surface area contributed by atoms with Gasteiger partial charge in [0, 0.05) is 41.7 Å². The quantitative estimate of drug-likeness (QED) is 0.128. The topological polar surface area (TPSA) is 80.5 Å². The number of aryl methyl sites for hydroxylation is 2. The Hall–Kier alpha value is -4.46. The summed E-state index contributed by atoms with van der Waals surface area (Å²) in [5.41, 5.74) is 4.48. The van der Waals surface area contributed by atoms with Crippen LogP contribution in [-0.4, -0.2) is 47.3 Å². The first-order valence-corrected chi connectivity index (χ1v) is 17.0. The maximum Gasteiger partial charge on any atom is 0.165 e. The first-order valence-electron chi connectivity index (χ1n) is 17.0. The molecule has 0 saturated heterocycles. The molecular weight excluding hydrogens is 606 g/mol. The number of phenols is 1. The molecule has 0 fully saturated rings. The van der Waals surface area contributed by atoms with Gasteiger partial charge in [0.25, 0.3) is 0 Å². The van der Waals surface area contributed by atoms with Gasteiger partial charge in [-0.2, -0.15) is 0 Å². The summed E-state index contributed by atoms with van der Waals surface area (Å²) in [6.45, 7) is 20.5. The molecule has 4 rings (SSSR count).